The Labute approximate surface area is 167 Å². The van der Waals surface area contributed by atoms with Crippen molar-refractivity contribution in [3.05, 3.63) is 29.5 Å². The van der Waals surface area contributed by atoms with Crippen molar-refractivity contribution in [1.29, 1.82) is 5.26 Å². The first-order chi connectivity index (χ1) is 13.7. The van der Waals surface area contributed by atoms with Crippen LogP contribution in [0.25, 0.3) is 10.1 Å². The van der Waals surface area contributed by atoms with Crippen molar-refractivity contribution in [3.63, 3.8) is 0 Å². The van der Waals surface area contributed by atoms with Crippen LogP contribution in [0.4, 0.5) is 13.2 Å². The van der Waals surface area contributed by atoms with Crippen molar-refractivity contribution in [1.82, 2.24) is 14.6 Å². The molecule has 3 fully saturated rings. The number of amides is 1. The highest BCUT2D eigenvalue weighted by atomic mass is 32.1. The highest BCUT2D eigenvalue weighted by Crippen LogP contribution is 2.29. The molecule has 1 atom stereocenters. The largest absolute Gasteiger partial charge is 0.490 e. The maximum absolute atomic E-state index is 12.6. The number of hydrogen-bond acceptors (Lipinski definition) is 6. The number of carboxylic acid groups (broad SMARTS) is 1. The van der Waals surface area contributed by atoms with E-state index in [4.69, 9.17) is 15.2 Å². The first-order valence-electron chi connectivity index (χ1n) is 8.82. The fourth-order valence-electron chi connectivity index (χ4n) is 3.54. The summed E-state index contributed by atoms with van der Waals surface area (Å²) >= 11 is 1.28. The van der Waals surface area contributed by atoms with Crippen molar-refractivity contribution in [3.8, 4) is 6.07 Å². The molecular formula is C18H17F3N4O3S. The van der Waals surface area contributed by atoms with Gasteiger partial charge in [-0.15, -0.1) is 0 Å². The summed E-state index contributed by atoms with van der Waals surface area (Å²) in [6, 6.07) is 7.71. The highest BCUT2D eigenvalue weighted by Gasteiger charge is 2.38. The van der Waals surface area contributed by atoms with Crippen molar-refractivity contribution in [2.75, 3.05) is 19.6 Å². The first-order valence-corrected chi connectivity index (χ1v) is 9.59. The highest BCUT2D eigenvalue weighted by molar-refractivity contribution is 7.13. The second-order valence-electron chi connectivity index (χ2n) is 6.87. The molecule has 29 heavy (non-hydrogen) atoms. The van der Waals surface area contributed by atoms with Gasteiger partial charge in [0.15, 0.2) is 0 Å². The lowest BCUT2D eigenvalue weighted by Gasteiger charge is -2.44. The molecule has 2 N–H and O–H groups in total. The molecule has 0 radical (unpaired) electrons. The van der Waals surface area contributed by atoms with Gasteiger partial charge >= 0.3 is 12.1 Å². The normalized spacial score (nSPS) is 23.0. The zero-order chi connectivity index (χ0) is 21.2. The molecule has 154 valence electrons. The van der Waals surface area contributed by atoms with E-state index >= 15 is 0 Å². The lowest BCUT2D eigenvalue weighted by atomic mass is 9.84. The van der Waals surface area contributed by atoms with Crippen LogP contribution in [0.2, 0.25) is 0 Å². The number of carboxylic acids is 1. The Morgan fingerprint density at radius 1 is 1.31 bits per heavy atom. The van der Waals surface area contributed by atoms with Gasteiger partial charge in [-0.3, -0.25) is 4.79 Å². The number of aromatic nitrogens is 1. The number of hydrogen-bond donors (Lipinski definition) is 2. The Morgan fingerprint density at radius 3 is 2.48 bits per heavy atom. The number of nitrogens with zero attached hydrogens (tertiary/aromatic N) is 3. The number of nitriles is 1. The van der Waals surface area contributed by atoms with Gasteiger partial charge in [0.1, 0.15) is 5.69 Å². The Hall–Kier alpha value is -2.71. The van der Waals surface area contributed by atoms with Gasteiger partial charge in [0.05, 0.1) is 16.3 Å². The second kappa shape index (κ2) is 8.34. The topological polar surface area (TPSA) is 106 Å². The summed E-state index contributed by atoms with van der Waals surface area (Å²) < 4.78 is 36.9. The van der Waals surface area contributed by atoms with Crippen LogP contribution in [0.5, 0.6) is 0 Å². The number of fused-ring (bicyclic) bond motifs is 4. The van der Waals surface area contributed by atoms with Gasteiger partial charge < -0.3 is 15.3 Å². The van der Waals surface area contributed by atoms with E-state index in [0.29, 0.717) is 17.2 Å². The molecule has 0 aliphatic carbocycles. The molecule has 2 bridgehead atoms. The van der Waals surface area contributed by atoms with Gasteiger partial charge in [-0.1, -0.05) is 0 Å². The zero-order valence-electron chi connectivity index (χ0n) is 15.1. The Morgan fingerprint density at radius 2 is 1.97 bits per heavy atom. The number of carbonyl (C=O) groups is 2. The molecule has 1 aromatic heterocycles. The molecule has 0 saturated carbocycles. The van der Waals surface area contributed by atoms with Gasteiger partial charge in [-0.2, -0.15) is 22.8 Å². The standard InChI is InChI=1S/C16H16N4OS.C2HF3O2/c17-8-10-1-2-12-14(7-10)22-19-15(12)16(21)18-13-9-20-5-3-11(13)4-6-20;3-2(4,5)1(6)7/h1-2,7,11,13H,3-6,9H2,(H,18,21);(H,6,7)/t13-;/m1./s1. The number of alkyl halides is 3. The summed E-state index contributed by atoms with van der Waals surface area (Å²) in [5.74, 6) is -2.24. The Bertz CT molecular complexity index is 961. The quantitative estimate of drug-likeness (QED) is 0.765. The predicted molar refractivity (Wildman–Crippen MR) is 98.4 cm³/mol. The monoisotopic (exact) mass is 426 g/mol. The van der Waals surface area contributed by atoms with Crippen LogP contribution in [-0.4, -0.2) is 58.1 Å². The maximum Gasteiger partial charge on any atom is 0.490 e. The van der Waals surface area contributed by atoms with E-state index < -0.39 is 12.1 Å². The third kappa shape index (κ3) is 4.83. The van der Waals surface area contributed by atoms with Crippen molar-refractivity contribution < 1.29 is 27.9 Å². The SMILES string of the molecule is N#Cc1ccc2c(C(=O)N[C@@H]3CN4CCC3CC4)nsc2c1.O=C(O)C(F)(F)F. The third-order valence-electron chi connectivity index (χ3n) is 5.03. The van der Waals surface area contributed by atoms with Crippen LogP contribution >= 0.6 is 11.5 Å². The fourth-order valence-corrected chi connectivity index (χ4v) is 4.35. The molecule has 7 nitrogen and oxygen atoms in total. The summed E-state index contributed by atoms with van der Waals surface area (Å²) in [4.78, 5) is 23.9. The molecule has 3 saturated heterocycles. The summed E-state index contributed by atoms with van der Waals surface area (Å²) in [7, 11) is 0. The zero-order valence-corrected chi connectivity index (χ0v) is 15.9. The molecule has 0 unspecified atom stereocenters. The van der Waals surface area contributed by atoms with E-state index in [1.165, 1.54) is 24.4 Å². The molecule has 11 heteroatoms. The average Bonchev–Trinajstić information content (AvgIpc) is 3.12. The lowest BCUT2D eigenvalue weighted by Crippen LogP contribution is -2.57. The first kappa shape index (κ1) is 21.0. The Balaban J connectivity index is 0.000000298. The molecule has 4 heterocycles. The predicted octanol–water partition coefficient (Wildman–Crippen LogP) is 2.63. The van der Waals surface area contributed by atoms with Crippen LogP contribution in [0.3, 0.4) is 0 Å². The minimum atomic E-state index is -5.08. The van der Waals surface area contributed by atoms with E-state index in [-0.39, 0.29) is 11.9 Å². The number of halogens is 3. The van der Waals surface area contributed by atoms with Crippen LogP contribution < -0.4 is 5.32 Å². The number of rotatable bonds is 2. The van der Waals surface area contributed by atoms with E-state index in [1.807, 2.05) is 6.07 Å². The van der Waals surface area contributed by atoms with E-state index in [9.17, 15) is 18.0 Å². The van der Waals surface area contributed by atoms with Crippen molar-refractivity contribution >= 4 is 33.5 Å². The molecule has 2 aromatic rings. The number of nitrogens with one attached hydrogen (secondary N) is 1. The van der Waals surface area contributed by atoms with Crippen molar-refractivity contribution in [2.45, 2.75) is 25.1 Å². The van der Waals surface area contributed by atoms with Crippen LogP contribution in [0.1, 0.15) is 28.9 Å². The number of carbonyl (C=O) groups excluding carboxylic acids is 1. The number of piperidine rings is 3. The van der Waals surface area contributed by atoms with Gasteiger partial charge in [-0.05, 0) is 61.6 Å². The van der Waals surface area contributed by atoms with Crippen molar-refractivity contribution in [2.24, 2.45) is 5.92 Å². The molecule has 1 amide bonds. The van der Waals surface area contributed by atoms with Gasteiger partial charge in [0.25, 0.3) is 5.91 Å². The molecule has 3 aliphatic rings. The van der Waals surface area contributed by atoms with Crippen LogP contribution in [0, 0.1) is 17.2 Å². The van der Waals surface area contributed by atoms with Gasteiger partial charge in [0, 0.05) is 18.0 Å². The van der Waals surface area contributed by atoms with E-state index in [0.717, 1.165) is 29.7 Å². The molecular weight excluding hydrogens is 409 g/mol. The van der Waals surface area contributed by atoms with E-state index in [1.54, 1.807) is 12.1 Å². The van der Waals surface area contributed by atoms with Crippen LogP contribution in [-0.2, 0) is 4.79 Å². The summed E-state index contributed by atoms with van der Waals surface area (Å²) in [5.41, 5.74) is 1.08. The van der Waals surface area contributed by atoms with E-state index in [2.05, 4.69) is 20.7 Å². The number of aliphatic carboxylic acids is 1. The molecule has 5 rings (SSSR count). The van der Waals surface area contributed by atoms with Gasteiger partial charge in [0.2, 0.25) is 0 Å². The lowest BCUT2D eigenvalue weighted by molar-refractivity contribution is -0.192. The Kier molecular flexibility index (Phi) is 6.04. The number of benzene rings is 1. The molecule has 0 spiro atoms. The smallest absolute Gasteiger partial charge is 0.475 e. The molecule has 1 aromatic carbocycles. The summed E-state index contributed by atoms with van der Waals surface area (Å²) in [6.07, 6.45) is -2.73. The van der Waals surface area contributed by atoms with Gasteiger partial charge in [-0.25, -0.2) is 4.79 Å². The summed E-state index contributed by atoms with van der Waals surface area (Å²) in [5, 5.41) is 20.1. The van der Waals surface area contributed by atoms with Crippen LogP contribution in [0.15, 0.2) is 18.2 Å². The molecule has 3 aliphatic heterocycles. The average molecular weight is 426 g/mol. The third-order valence-corrected chi connectivity index (χ3v) is 5.84. The summed E-state index contributed by atoms with van der Waals surface area (Å²) in [6.45, 7) is 3.28. The second-order valence-corrected chi connectivity index (χ2v) is 7.68. The minimum absolute atomic E-state index is 0.0882. The minimum Gasteiger partial charge on any atom is -0.475 e. The fraction of sp³-hybridized carbons (Fsp3) is 0.444. The maximum atomic E-state index is 12.6.